The number of nitrogens with zero attached hydrogens (tertiary/aromatic N) is 2. The molecule has 0 spiro atoms. The Morgan fingerprint density at radius 1 is 1.00 bits per heavy atom. The highest BCUT2D eigenvalue weighted by Gasteiger charge is 2.14. The van der Waals surface area contributed by atoms with Crippen molar-refractivity contribution < 1.29 is 5.11 Å². The fourth-order valence-electron chi connectivity index (χ4n) is 3.44. The number of hydrogen-bond acceptors (Lipinski definition) is 4. The molecular weight excluding hydrogens is 441 g/mol. The van der Waals surface area contributed by atoms with Gasteiger partial charge in [-0.15, -0.1) is 6.58 Å². The zero-order chi connectivity index (χ0) is 23.5. The van der Waals surface area contributed by atoms with E-state index in [0.29, 0.717) is 15.9 Å². The Morgan fingerprint density at radius 2 is 1.59 bits per heavy atom. The Labute approximate surface area is 201 Å². The van der Waals surface area contributed by atoms with E-state index < -0.39 is 0 Å². The van der Waals surface area contributed by atoms with Gasteiger partial charge in [0.25, 0.3) is 0 Å². The predicted octanol–water partition coefficient (Wildman–Crippen LogP) is 6.50. The molecule has 1 aliphatic carbocycles. The van der Waals surface area contributed by atoms with Gasteiger partial charge in [-0.25, -0.2) is 9.97 Å². The summed E-state index contributed by atoms with van der Waals surface area (Å²) in [5, 5.41) is 8.93. The fraction of sp³-hybridized carbons (Fsp3) is 0.308. The van der Waals surface area contributed by atoms with Crippen LogP contribution in [0.1, 0.15) is 42.8 Å². The van der Waals surface area contributed by atoms with E-state index in [2.05, 4.69) is 40.8 Å². The Morgan fingerprint density at radius 3 is 2.09 bits per heavy atom. The average molecular weight is 472 g/mol. The molecule has 3 aromatic rings. The number of aryl methyl sites for hydroxylation is 4. The normalized spacial score (nSPS) is 11.5. The minimum absolute atomic E-state index is 0.0833. The molecule has 2 aromatic carbocycles. The van der Waals surface area contributed by atoms with Crippen molar-refractivity contribution in [1.29, 1.82) is 0 Å². The molecule has 1 aliphatic rings. The number of anilines is 1. The van der Waals surface area contributed by atoms with Crippen molar-refractivity contribution in [3.05, 3.63) is 87.7 Å². The van der Waals surface area contributed by atoms with Gasteiger partial charge in [0.05, 0.1) is 28.7 Å². The van der Waals surface area contributed by atoms with E-state index in [4.69, 9.17) is 34.0 Å². The molecule has 0 aliphatic heterocycles. The molecule has 0 fully saturated rings. The van der Waals surface area contributed by atoms with Crippen molar-refractivity contribution in [3.63, 3.8) is 0 Å². The molecule has 0 bridgehead atoms. The number of rotatable bonds is 4. The van der Waals surface area contributed by atoms with Crippen molar-refractivity contribution >= 4 is 29.0 Å². The highest BCUT2D eigenvalue weighted by molar-refractivity contribution is 6.36. The molecule has 3 N–H and O–H groups in total. The summed E-state index contributed by atoms with van der Waals surface area (Å²) in [5.41, 5.74) is 12.3. The number of halogens is 2. The first-order valence-electron chi connectivity index (χ1n) is 10.8. The molecule has 0 unspecified atom stereocenters. The lowest BCUT2D eigenvalue weighted by atomic mass is 10.1. The molecule has 170 valence electrons. The number of hydrogen-bond donors (Lipinski definition) is 2. The van der Waals surface area contributed by atoms with E-state index in [1.165, 1.54) is 25.3 Å². The second kappa shape index (κ2) is 13.2. The third-order valence-corrected chi connectivity index (χ3v) is 5.61. The molecular formula is C26H31Cl2N3O. The number of fused-ring (bicyclic) bond motifs is 1. The van der Waals surface area contributed by atoms with E-state index in [9.17, 15) is 0 Å². The first-order chi connectivity index (χ1) is 15.4. The lowest BCUT2D eigenvalue weighted by molar-refractivity contribution is 0.343. The minimum atomic E-state index is 0.0833. The maximum atomic E-state index is 7.76. The monoisotopic (exact) mass is 471 g/mol. The van der Waals surface area contributed by atoms with E-state index in [0.717, 1.165) is 35.5 Å². The Bertz CT molecular complexity index is 1010. The quantitative estimate of drug-likeness (QED) is 0.426. The van der Waals surface area contributed by atoms with Crippen LogP contribution in [-0.2, 0) is 25.7 Å². The maximum absolute atomic E-state index is 7.76. The van der Waals surface area contributed by atoms with Gasteiger partial charge < -0.3 is 10.8 Å². The van der Waals surface area contributed by atoms with Crippen LogP contribution < -0.4 is 5.73 Å². The van der Waals surface area contributed by atoms with Crippen LogP contribution >= 0.6 is 23.2 Å². The van der Waals surface area contributed by atoms with Crippen molar-refractivity contribution in [2.45, 2.75) is 46.0 Å². The van der Waals surface area contributed by atoms with Crippen molar-refractivity contribution in [3.8, 4) is 11.3 Å². The molecule has 6 heteroatoms. The van der Waals surface area contributed by atoms with Crippen LogP contribution in [0.15, 0.2) is 55.1 Å². The number of aromatic nitrogens is 2. The number of aliphatic hydroxyl groups is 1. The van der Waals surface area contributed by atoms with E-state index >= 15 is 0 Å². The fourth-order valence-corrected chi connectivity index (χ4v) is 3.94. The van der Waals surface area contributed by atoms with E-state index in [1.54, 1.807) is 23.3 Å². The van der Waals surface area contributed by atoms with Crippen molar-refractivity contribution in [2.75, 3.05) is 12.3 Å². The molecule has 0 amide bonds. The van der Waals surface area contributed by atoms with Crippen LogP contribution in [0.3, 0.4) is 0 Å². The van der Waals surface area contributed by atoms with Crippen LogP contribution in [-0.4, -0.2) is 21.7 Å². The predicted molar refractivity (Wildman–Crippen MR) is 136 cm³/mol. The Hall–Kier alpha value is -2.40. The molecule has 0 saturated heterocycles. The van der Waals surface area contributed by atoms with Crippen LogP contribution in [0.5, 0.6) is 0 Å². The summed E-state index contributed by atoms with van der Waals surface area (Å²) in [6, 6.07) is 14.1. The number of aliphatic hydroxyl groups excluding tert-OH is 1. The van der Waals surface area contributed by atoms with Gasteiger partial charge in [-0.2, -0.15) is 0 Å². The molecule has 0 atom stereocenters. The van der Waals surface area contributed by atoms with Gasteiger partial charge in [-0.3, -0.25) is 0 Å². The Balaban J connectivity index is 0.000000229. The highest BCUT2D eigenvalue weighted by Crippen LogP contribution is 2.32. The Kier molecular flexibility index (Phi) is 10.7. The number of nitrogen functional groups attached to an aromatic ring is 1. The lowest BCUT2D eigenvalue weighted by Gasteiger charge is -2.12. The molecule has 0 saturated carbocycles. The molecule has 1 heterocycles. The van der Waals surface area contributed by atoms with Crippen LogP contribution in [0.4, 0.5) is 5.82 Å². The standard InChI is InChI=1S/C14H15Cl2N3.C9H10.C3H6O/c1-3-11-13(18-12(4-2)14(17)19-11)9-6-5-8(15)7-10(9)16;1-2-5-9-7-3-6-8(9)4-1;1-2-3-4/h5-7H,3-4H2,1-2H3,(H2,17,19);1-2,4-5H,3,6-7H2;2,4H,1,3H2. The zero-order valence-corrected chi connectivity index (χ0v) is 20.3. The van der Waals surface area contributed by atoms with Crippen molar-refractivity contribution in [1.82, 2.24) is 9.97 Å². The molecule has 4 rings (SSSR count). The third-order valence-electron chi connectivity index (χ3n) is 5.07. The second-order valence-electron chi connectivity index (χ2n) is 7.28. The summed E-state index contributed by atoms with van der Waals surface area (Å²) in [5.74, 6) is 0.494. The first kappa shape index (κ1) is 25.9. The second-order valence-corrected chi connectivity index (χ2v) is 8.12. The molecule has 32 heavy (non-hydrogen) atoms. The highest BCUT2D eigenvalue weighted by atomic mass is 35.5. The third kappa shape index (κ3) is 7.06. The summed E-state index contributed by atoms with van der Waals surface area (Å²) >= 11 is 12.2. The summed E-state index contributed by atoms with van der Waals surface area (Å²) in [6.07, 6.45) is 6.88. The van der Waals surface area contributed by atoms with Gasteiger partial charge in [0, 0.05) is 10.6 Å². The number of benzene rings is 2. The lowest BCUT2D eigenvalue weighted by Crippen LogP contribution is -2.06. The van der Waals surface area contributed by atoms with Crippen LogP contribution in [0.25, 0.3) is 11.3 Å². The van der Waals surface area contributed by atoms with Crippen LogP contribution in [0.2, 0.25) is 10.0 Å². The SMILES string of the molecule is C=CCO.CCc1nc(-c2ccc(Cl)cc2Cl)c(CC)nc1N.c1ccc2c(c1)CCC2. The molecule has 4 nitrogen and oxygen atoms in total. The largest absolute Gasteiger partial charge is 0.392 e. The van der Waals surface area contributed by atoms with Gasteiger partial charge in [-0.05, 0) is 61.4 Å². The topological polar surface area (TPSA) is 72.0 Å². The van der Waals surface area contributed by atoms with Gasteiger partial charge in [0.2, 0.25) is 0 Å². The smallest absolute Gasteiger partial charge is 0.145 e. The van der Waals surface area contributed by atoms with E-state index in [1.807, 2.05) is 19.9 Å². The van der Waals surface area contributed by atoms with Gasteiger partial charge in [-0.1, -0.05) is 67.4 Å². The summed E-state index contributed by atoms with van der Waals surface area (Å²) in [6.45, 7) is 7.33. The molecule has 0 radical (unpaired) electrons. The summed E-state index contributed by atoms with van der Waals surface area (Å²) in [7, 11) is 0. The summed E-state index contributed by atoms with van der Waals surface area (Å²) < 4.78 is 0. The van der Waals surface area contributed by atoms with Gasteiger partial charge >= 0.3 is 0 Å². The minimum Gasteiger partial charge on any atom is -0.392 e. The number of nitrogens with two attached hydrogens (primary N) is 1. The van der Waals surface area contributed by atoms with Crippen molar-refractivity contribution in [2.24, 2.45) is 0 Å². The molecule has 1 aromatic heterocycles. The van der Waals surface area contributed by atoms with E-state index in [-0.39, 0.29) is 6.61 Å². The first-order valence-corrected chi connectivity index (χ1v) is 11.6. The van der Waals surface area contributed by atoms with Gasteiger partial charge in [0.15, 0.2) is 0 Å². The summed E-state index contributed by atoms with van der Waals surface area (Å²) in [4.78, 5) is 9.03. The average Bonchev–Trinajstić information content (AvgIpc) is 3.29. The van der Waals surface area contributed by atoms with Gasteiger partial charge in [0.1, 0.15) is 5.82 Å². The maximum Gasteiger partial charge on any atom is 0.145 e. The zero-order valence-electron chi connectivity index (χ0n) is 18.7. The van der Waals surface area contributed by atoms with Crippen LogP contribution in [0, 0.1) is 0 Å².